The molecular weight excluding hydrogens is 250 g/mol. The summed E-state index contributed by atoms with van der Waals surface area (Å²) in [5, 5.41) is 9.71. The van der Waals surface area contributed by atoms with Gasteiger partial charge in [-0.2, -0.15) is 0 Å². The van der Waals surface area contributed by atoms with Crippen molar-refractivity contribution >= 4 is 5.97 Å². The van der Waals surface area contributed by atoms with E-state index in [1.807, 2.05) is 0 Å². The van der Waals surface area contributed by atoms with Crippen LogP contribution >= 0.6 is 0 Å². The van der Waals surface area contributed by atoms with Crippen molar-refractivity contribution in [3.05, 3.63) is 35.4 Å². The first kappa shape index (κ1) is 15.0. The van der Waals surface area contributed by atoms with E-state index in [0.717, 1.165) is 31.2 Å². The van der Waals surface area contributed by atoms with Gasteiger partial charge in [0.15, 0.2) is 0 Å². The van der Waals surface area contributed by atoms with E-state index in [0.29, 0.717) is 12.5 Å². The molecule has 0 heterocycles. The summed E-state index contributed by atoms with van der Waals surface area (Å²) in [5.74, 6) is -0.276. The van der Waals surface area contributed by atoms with E-state index in [-0.39, 0.29) is 5.92 Å². The van der Waals surface area contributed by atoms with Crippen LogP contribution < -0.4 is 5.73 Å². The highest BCUT2D eigenvalue weighted by Gasteiger charge is 2.47. The number of carboxylic acids is 1. The summed E-state index contributed by atoms with van der Waals surface area (Å²) in [6, 6.07) is 8.34. The molecule has 1 aromatic carbocycles. The molecule has 1 atom stereocenters. The van der Waals surface area contributed by atoms with Crippen LogP contribution in [-0.4, -0.2) is 17.6 Å². The van der Waals surface area contributed by atoms with Crippen molar-refractivity contribution in [2.24, 2.45) is 11.1 Å². The minimum atomic E-state index is -0.682. The molecule has 0 aromatic heterocycles. The average molecular weight is 275 g/mol. The molecule has 0 bridgehead atoms. The van der Waals surface area contributed by atoms with Crippen LogP contribution in [0.3, 0.4) is 0 Å². The molecule has 3 nitrogen and oxygen atoms in total. The lowest BCUT2D eigenvalue weighted by Crippen LogP contribution is -2.38. The maximum atomic E-state index is 11.8. The van der Waals surface area contributed by atoms with Crippen molar-refractivity contribution in [1.82, 2.24) is 0 Å². The van der Waals surface area contributed by atoms with Gasteiger partial charge in [0.2, 0.25) is 0 Å². The third-order valence-corrected chi connectivity index (χ3v) is 4.83. The molecule has 1 fully saturated rings. The molecule has 0 aliphatic heterocycles. The Kier molecular flexibility index (Phi) is 4.48. The standard InChI is InChI=1S/C17H25NO2/c1-12(2)13-5-7-14(8-6-13)15(11-18)17(16(19)20)9-3-4-10-17/h5-8,12,15H,3-4,9-11,18H2,1-2H3,(H,19,20). The summed E-state index contributed by atoms with van der Waals surface area (Å²) >= 11 is 0. The Morgan fingerprint density at radius 3 is 2.10 bits per heavy atom. The Bertz CT molecular complexity index is 458. The van der Waals surface area contributed by atoms with Gasteiger partial charge in [-0.3, -0.25) is 4.79 Å². The first-order valence-corrected chi connectivity index (χ1v) is 7.54. The van der Waals surface area contributed by atoms with E-state index in [1.54, 1.807) is 0 Å². The van der Waals surface area contributed by atoms with Gasteiger partial charge in [-0.1, -0.05) is 51.0 Å². The highest BCUT2D eigenvalue weighted by molar-refractivity contribution is 5.76. The number of aliphatic carboxylic acids is 1. The number of carbonyl (C=O) groups is 1. The van der Waals surface area contributed by atoms with Gasteiger partial charge < -0.3 is 10.8 Å². The van der Waals surface area contributed by atoms with E-state index in [9.17, 15) is 9.90 Å². The van der Waals surface area contributed by atoms with Gasteiger partial charge in [0.05, 0.1) is 5.41 Å². The fourth-order valence-corrected chi connectivity index (χ4v) is 3.51. The molecule has 1 saturated carbocycles. The monoisotopic (exact) mass is 275 g/mol. The highest BCUT2D eigenvalue weighted by atomic mass is 16.4. The lowest BCUT2D eigenvalue weighted by molar-refractivity contribution is -0.150. The maximum Gasteiger partial charge on any atom is 0.310 e. The number of benzene rings is 1. The highest BCUT2D eigenvalue weighted by Crippen LogP contribution is 2.48. The zero-order chi connectivity index (χ0) is 14.8. The molecule has 2 rings (SSSR count). The molecule has 110 valence electrons. The predicted molar refractivity (Wildman–Crippen MR) is 80.9 cm³/mol. The first-order chi connectivity index (χ1) is 9.51. The second kappa shape index (κ2) is 5.96. The van der Waals surface area contributed by atoms with Crippen LogP contribution in [0.1, 0.15) is 62.5 Å². The van der Waals surface area contributed by atoms with E-state index in [1.165, 1.54) is 5.56 Å². The minimum absolute atomic E-state index is 0.0799. The van der Waals surface area contributed by atoms with Crippen molar-refractivity contribution in [1.29, 1.82) is 0 Å². The van der Waals surface area contributed by atoms with E-state index >= 15 is 0 Å². The van der Waals surface area contributed by atoms with Crippen LogP contribution in [0.4, 0.5) is 0 Å². The second-order valence-corrected chi connectivity index (χ2v) is 6.28. The Balaban J connectivity index is 2.33. The lowest BCUT2D eigenvalue weighted by Gasteiger charge is -2.33. The summed E-state index contributed by atoms with van der Waals surface area (Å²) in [6.07, 6.45) is 3.48. The van der Waals surface area contributed by atoms with Crippen LogP contribution in [-0.2, 0) is 4.79 Å². The molecule has 1 unspecified atom stereocenters. The quantitative estimate of drug-likeness (QED) is 0.864. The van der Waals surface area contributed by atoms with Crippen molar-refractivity contribution in [3.8, 4) is 0 Å². The maximum absolute atomic E-state index is 11.8. The normalized spacial score (nSPS) is 19.2. The molecule has 0 saturated heterocycles. The van der Waals surface area contributed by atoms with Crippen LogP contribution in [0.15, 0.2) is 24.3 Å². The fourth-order valence-electron chi connectivity index (χ4n) is 3.51. The number of rotatable bonds is 5. The molecule has 0 radical (unpaired) electrons. The van der Waals surface area contributed by atoms with Crippen LogP contribution in [0, 0.1) is 5.41 Å². The van der Waals surface area contributed by atoms with Crippen molar-refractivity contribution < 1.29 is 9.90 Å². The molecule has 1 aliphatic rings. The molecule has 0 amide bonds. The Hall–Kier alpha value is -1.35. The van der Waals surface area contributed by atoms with Gasteiger partial charge in [0.1, 0.15) is 0 Å². The Morgan fingerprint density at radius 1 is 1.20 bits per heavy atom. The minimum Gasteiger partial charge on any atom is -0.481 e. The largest absolute Gasteiger partial charge is 0.481 e. The Morgan fingerprint density at radius 2 is 1.70 bits per heavy atom. The van der Waals surface area contributed by atoms with Gasteiger partial charge in [-0.25, -0.2) is 0 Å². The van der Waals surface area contributed by atoms with Crippen molar-refractivity contribution in [3.63, 3.8) is 0 Å². The third kappa shape index (κ3) is 2.59. The molecule has 3 heteroatoms. The summed E-state index contributed by atoms with van der Waals surface area (Å²) in [6.45, 7) is 4.71. The zero-order valence-electron chi connectivity index (χ0n) is 12.4. The third-order valence-electron chi connectivity index (χ3n) is 4.83. The second-order valence-electron chi connectivity index (χ2n) is 6.28. The summed E-state index contributed by atoms with van der Waals surface area (Å²) in [4.78, 5) is 11.8. The summed E-state index contributed by atoms with van der Waals surface area (Å²) in [5.41, 5.74) is 7.63. The van der Waals surface area contributed by atoms with Gasteiger partial charge in [0, 0.05) is 12.5 Å². The SMILES string of the molecule is CC(C)c1ccc(C(CN)C2(C(=O)O)CCCC2)cc1. The lowest BCUT2D eigenvalue weighted by atomic mass is 9.70. The van der Waals surface area contributed by atoms with Gasteiger partial charge in [-0.05, 0) is 29.9 Å². The van der Waals surface area contributed by atoms with E-state index in [4.69, 9.17) is 5.73 Å². The number of carboxylic acid groups (broad SMARTS) is 1. The molecular formula is C17H25NO2. The average Bonchev–Trinajstić information content (AvgIpc) is 2.91. The fraction of sp³-hybridized carbons (Fsp3) is 0.588. The topological polar surface area (TPSA) is 63.3 Å². The van der Waals surface area contributed by atoms with Gasteiger partial charge in [-0.15, -0.1) is 0 Å². The molecule has 1 aliphatic carbocycles. The van der Waals surface area contributed by atoms with E-state index < -0.39 is 11.4 Å². The smallest absolute Gasteiger partial charge is 0.310 e. The molecule has 3 N–H and O–H groups in total. The molecule has 20 heavy (non-hydrogen) atoms. The van der Waals surface area contributed by atoms with Crippen LogP contribution in [0.2, 0.25) is 0 Å². The van der Waals surface area contributed by atoms with Crippen molar-refractivity contribution in [2.75, 3.05) is 6.54 Å². The number of nitrogens with two attached hydrogens (primary N) is 1. The number of hydrogen-bond acceptors (Lipinski definition) is 2. The van der Waals surface area contributed by atoms with E-state index in [2.05, 4.69) is 38.1 Å². The summed E-state index contributed by atoms with van der Waals surface area (Å²) < 4.78 is 0. The summed E-state index contributed by atoms with van der Waals surface area (Å²) in [7, 11) is 0. The van der Waals surface area contributed by atoms with Crippen LogP contribution in [0.5, 0.6) is 0 Å². The zero-order valence-corrected chi connectivity index (χ0v) is 12.4. The molecule has 0 spiro atoms. The predicted octanol–water partition coefficient (Wildman–Crippen LogP) is 3.50. The molecule has 1 aromatic rings. The first-order valence-electron chi connectivity index (χ1n) is 7.54. The van der Waals surface area contributed by atoms with Crippen molar-refractivity contribution in [2.45, 2.75) is 51.4 Å². The van der Waals surface area contributed by atoms with Crippen LogP contribution in [0.25, 0.3) is 0 Å². The van der Waals surface area contributed by atoms with Gasteiger partial charge in [0.25, 0.3) is 0 Å². The number of hydrogen-bond donors (Lipinski definition) is 2. The Labute approximate surface area is 121 Å². The van der Waals surface area contributed by atoms with Gasteiger partial charge >= 0.3 is 5.97 Å².